The molecule has 60 heavy (non-hydrogen) atoms. The summed E-state index contributed by atoms with van der Waals surface area (Å²) >= 11 is 0. The van der Waals surface area contributed by atoms with E-state index < -0.39 is 0 Å². The molecule has 18 heteroatoms. The van der Waals surface area contributed by atoms with Gasteiger partial charge >= 0.3 is 0 Å². The number of anilines is 2. The Morgan fingerprint density at radius 1 is 0.500 bits per heavy atom. The quantitative estimate of drug-likeness (QED) is 0.0218. The molecule has 0 aliphatic heterocycles. The molecular weight excluding hydrogens is 769 g/mol. The predicted octanol–water partition coefficient (Wildman–Crippen LogP) is 4.56. The minimum Gasteiger partial charge on any atom is -0.379 e. The normalized spacial score (nSPS) is 10.8. The van der Waals surface area contributed by atoms with E-state index in [1.807, 2.05) is 36.7 Å². The van der Waals surface area contributed by atoms with Crippen molar-refractivity contribution in [1.82, 2.24) is 51.6 Å². The van der Waals surface area contributed by atoms with E-state index in [0.29, 0.717) is 76.1 Å². The first-order chi connectivity index (χ1) is 29.3. The van der Waals surface area contributed by atoms with Crippen molar-refractivity contribution in [2.24, 2.45) is 0 Å². The maximum Gasteiger partial charge on any atom is 0.251 e. The second-order valence-corrected chi connectivity index (χ2v) is 14.4. The molecule has 18 nitrogen and oxygen atoms in total. The van der Waals surface area contributed by atoms with E-state index in [0.717, 1.165) is 72.4 Å². The second-order valence-electron chi connectivity index (χ2n) is 14.4. The average Bonchev–Trinajstić information content (AvgIpc) is 3.93. The first kappa shape index (κ1) is 44.4. The van der Waals surface area contributed by atoms with E-state index in [9.17, 15) is 19.2 Å². The molecule has 0 aliphatic rings. The third kappa shape index (κ3) is 15.6. The number of carbonyl (C=O) groups excluding carboxylic acids is 4. The topological polar surface area (TPSA) is 242 Å². The molecule has 0 fully saturated rings. The van der Waals surface area contributed by atoms with Gasteiger partial charge in [-0.05, 0) is 85.3 Å². The fourth-order valence-electron chi connectivity index (χ4n) is 6.23. The fourth-order valence-corrected chi connectivity index (χ4v) is 6.23. The van der Waals surface area contributed by atoms with Crippen molar-refractivity contribution >= 4 is 35.0 Å². The standard InChI is InChI=1S/C42H54N12O6/c55-39(49-59)9-5-1-3-7-23-43-41(57)33-15-19-35(20-16-33)45-25-37-29-53(51-47-37)27-31-11-13-32(14-12-31)28-54-30-38(48-52-54)26-46-36-21-17-34(18-22-36)42(58)44-24-8-4-2-6-10-40(56)50-60/h11-22,29-30,45-46,59-60H,1-10,23-28H2,(H,43,57)(H,44,58)(H,49,55)(H,50,56). The summed E-state index contributed by atoms with van der Waals surface area (Å²) in [5.41, 5.74) is 9.85. The molecule has 0 bridgehead atoms. The van der Waals surface area contributed by atoms with Crippen LogP contribution in [0.25, 0.3) is 0 Å². The van der Waals surface area contributed by atoms with Crippen molar-refractivity contribution in [2.75, 3.05) is 23.7 Å². The number of hydrogen-bond acceptors (Lipinski definition) is 12. The van der Waals surface area contributed by atoms with Crippen molar-refractivity contribution in [3.05, 3.63) is 119 Å². The molecule has 2 heterocycles. The van der Waals surface area contributed by atoms with Gasteiger partial charge in [-0.2, -0.15) is 0 Å². The number of hydroxylamine groups is 2. The van der Waals surface area contributed by atoms with Crippen LogP contribution in [0.4, 0.5) is 11.4 Å². The molecule has 2 aromatic heterocycles. The Labute approximate surface area is 348 Å². The van der Waals surface area contributed by atoms with Crippen molar-refractivity contribution in [1.29, 1.82) is 0 Å². The Morgan fingerprint density at radius 3 is 1.27 bits per heavy atom. The van der Waals surface area contributed by atoms with E-state index in [4.69, 9.17) is 10.4 Å². The van der Waals surface area contributed by atoms with Crippen molar-refractivity contribution in [3.8, 4) is 0 Å². The van der Waals surface area contributed by atoms with E-state index >= 15 is 0 Å². The van der Waals surface area contributed by atoms with Crippen LogP contribution in [-0.4, -0.2) is 77.1 Å². The Morgan fingerprint density at radius 2 is 0.883 bits per heavy atom. The van der Waals surface area contributed by atoms with Gasteiger partial charge in [0.05, 0.1) is 38.6 Å². The number of unbranched alkanes of at least 4 members (excludes halogenated alkanes) is 6. The Balaban J connectivity index is 0.955. The van der Waals surface area contributed by atoms with Crippen LogP contribution in [0.1, 0.15) is 107 Å². The van der Waals surface area contributed by atoms with E-state index in [1.165, 1.54) is 0 Å². The van der Waals surface area contributed by atoms with Crippen molar-refractivity contribution in [2.45, 2.75) is 90.4 Å². The Bertz CT molecular complexity index is 1940. The number of carbonyl (C=O) groups is 4. The summed E-state index contributed by atoms with van der Waals surface area (Å²) < 4.78 is 3.59. The van der Waals surface area contributed by atoms with Gasteiger partial charge in [0.1, 0.15) is 11.4 Å². The van der Waals surface area contributed by atoms with Crippen LogP contribution in [-0.2, 0) is 35.8 Å². The summed E-state index contributed by atoms with van der Waals surface area (Å²) in [6, 6.07) is 22.8. The zero-order valence-corrected chi connectivity index (χ0v) is 33.6. The summed E-state index contributed by atoms with van der Waals surface area (Å²) in [6.07, 6.45) is 10.9. The molecule has 5 aromatic rings. The largest absolute Gasteiger partial charge is 0.379 e. The molecule has 0 unspecified atom stereocenters. The Hall–Kier alpha value is -6.66. The van der Waals surface area contributed by atoms with E-state index in [-0.39, 0.29) is 23.6 Å². The number of benzene rings is 3. The molecule has 5 rings (SSSR count). The zero-order chi connectivity index (χ0) is 42.4. The van der Waals surface area contributed by atoms with Crippen LogP contribution >= 0.6 is 0 Å². The molecule has 0 saturated heterocycles. The van der Waals surface area contributed by atoms with Gasteiger partial charge in [0.15, 0.2) is 0 Å². The lowest BCUT2D eigenvalue weighted by Gasteiger charge is -2.08. The van der Waals surface area contributed by atoms with Gasteiger partial charge in [0.25, 0.3) is 11.8 Å². The maximum absolute atomic E-state index is 12.5. The second kappa shape index (κ2) is 24.3. The molecular formula is C42H54N12O6. The van der Waals surface area contributed by atoms with Crippen LogP contribution in [0, 0.1) is 0 Å². The van der Waals surface area contributed by atoms with Crippen LogP contribution in [0.15, 0.2) is 85.2 Å². The summed E-state index contributed by atoms with van der Waals surface area (Å²) in [6.45, 7) is 3.21. The molecule has 4 amide bonds. The minimum absolute atomic E-state index is 0.134. The SMILES string of the molecule is O=C(CCCCCCNC(=O)c1ccc(NCc2cn(Cc3ccc(Cn4cc(CNc5ccc(C(=O)NCCCCCCC(=O)NO)cc5)nn4)cc3)nn2)cc1)NO. The Kier molecular flexibility index (Phi) is 18.0. The van der Waals surface area contributed by atoms with Crippen LogP contribution in [0.2, 0.25) is 0 Å². The van der Waals surface area contributed by atoms with Crippen LogP contribution in [0.3, 0.4) is 0 Å². The summed E-state index contributed by atoms with van der Waals surface area (Å²) in [5, 5.41) is 46.7. The molecule has 0 saturated carbocycles. The molecule has 0 radical (unpaired) electrons. The predicted molar refractivity (Wildman–Crippen MR) is 223 cm³/mol. The van der Waals surface area contributed by atoms with Crippen LogP contribution < -0.4 is 32.2 Å². The van der Waals surface area contributed by atoms with Gasteiger partial charge in [-0.3, -0.25) is 29.6 Å². The minimum atomic E-state index is -0.381. The van der Waals surface area contributed by atoms with Gasteiger partial charge in [0, 0.05) is 48.4 Å². The maximum atomic E-state index is 12.5. The number of amides is 4. The van der Waals surface area contributed by atoms with Crippen molar-refractivity contribution in [3.63, 3.8) is 0 Å². The number of hydrogen-bond donors (Lipinski definition) is 8. The molecule has 3 aromatic carbocycles. The van der Waals surface area contributed by atoms with Gasteiger partial charge in [0.2, 0.25) is 11.8 Å². The van der Waals surface area contributed by atoms with E-state index in [2.05, 4.69) is 66.2 Å². The third-order valence-corrected chi connectivity index (χ3v) is 9.61. The summed E-state index contributed by atoms with van der Waals surface area (Å²) in [5.74, 6) is -1.03. The smallest absolute Gasteiger partial charge is 0.251 e. The molecule has 0 aliphatic carbocycles. The highest BCUT2D eigenvalue weighted by Gasteiger charge is 2.09. The third-order valence-electron chi connectivity index (χ3n) is 9.61. The van der Waals surface area contributed by atoms with Crippen molar-refractivity contribution < 1.29 is 29.6 Å². The first-order valence-corrected chi connectivity index (χ1v) is 20.2. The lowest BCUT2D eigenvalue weighted by molar-refractivity contribution is -0.130. The monoisotopic (exact) mass is 822 g/mol. The highest BCUT2D eigenvalue weighted by atomic mass is 16.5. The summed E-state index contributed by atoms with van der Waals surface area (Å²) in [7, 11) is 0. The number of rotatable bonds is 26. The van der Waals surface area contributed by atoms with Gasteiger partial charge < -0.3 is 21.3 Å². The zero-order valence-electron chi connectivity index (χ0n) is 33.6. The molecule has 0 atom stereocenters. The first-order valence-electron chi connectivity index (χ1n) is 20.2. The summed E-state index contributed by atoms with van der Waals surface area (Å²) in [4.78, 5) is 47.0. The fraction of sp³-hybridized carbons (Fsp3) is 0.381. The van der Waals surface area contributed by atoms with Gasteiger partial charge in [-0.25, -0.2) is 20.3 Å². The highest BCUT2D eigenvalue weighted by Crippen LogP contribution is 2.14. The molecule has 8 N–H and O–H groups in total. The van der Waals surface area contributed by atoms with Gasteiger partial charge in [-0.1, -0.05) is 60.4 Å². The number of nitrogens with one attached hydrogen (secondary N) is 6. The molecule has 0 spiro atoms. The average molecular weight is 823 g/mol. The lowest BCUT2D eigenvalue weighted by Crippen LogP contribution is -2.24. The van der Waals surface area contributed by atoms with E-state index in [1.54, 1.807) is 44.6 Å². The number of aromatic nitrogens is 6. The van der Waals surface area contributed by atoms with Gasteiger partial charge in [-0.15, -0.1) is 10.2 Å². The molecule has 318 valence electrons. The lowest BCUT2D eigenvalue weighted by atomic mass is 10.1. The number of nitrogens with zero attached hydrogens (tertiary/aromatic N) is 6. The highest BCUT2D eigenvalue weighted by molar-refractivity contribution is 5.95. The van der Waals surface area contributed by atoms with Crippen LogP contribution in [0.5, 0.6) is 0 Å².